The van der Waals surface area contributed by atoms with Crippen LogP contribution in [-0.2, 0) is 17.6 Å². The average Bonchev–Trinajstić information content (AvgIpc) is 2.09. The summed E-state index contributed by atoms with van der Waals surface area (Å²) >= 11 is 5.58. The van der Waals surface area contributed by atoms with Crippen molar-refractivity contribution in [2.24, 2.45) is 0 Å². The molecule has 0 aromatic heterocycles. The molecule has 0 amide bonds. The molecule has 0 unspecified atom stereocenters. The van der Waals surface area contributed by atoms with Gasteiger partial charge in [0.1, 0.15) is 6.29 Å². The highest BCUT2D eigenvalue weighted by Crippen LogP contribution is 2.05. The van der Waals surface area contributed by atoms with Crippen LogP contribution in [0.25, 0.3) is 0 Å². The molecule has 0 N–H and O–H groups in total. The molecule has 0 aliphatic carbocycles. The highest BCUT2D eigenvalue weighted by atomic mass is 35.5. The van der Waals surface area contributed by atoms with E-state index in [1.165, 1.54) is 5.56 Å². The van der Waals surface area contributed by atoms with Gasteiger partial charge in [0.25, 0.3) is 0 Å². The second-order valence-electron chi connectivity index (χ2n) is 2.63. The summed E-state index contributed by atoms with van der Waals surface area (Å²) in [6.45, 7) is 0. The molecule has 2 heteroatoms. The molecule has 0 radical (unpaired) electrons. The van der Waals surface area contributed by atoms with Gasteiger partial charge in [-0.15, -0.1) is 11.6 Å². The number of aryl methyl sites for hydroxylation is 1. The van der Waals surface area contributed by atoms with E-state index in [-0.39, 0.29) is 0 Å². The van der Waals surface area contributed by atoms with Crippen molar-refractivity contribution in [3.8, 4) is 0 Å². The van der Waals surface area contributed by atoms with Crippen LogP contribution in [0.15, 0.2) is 24.3 Å². The maximum atomic E-state index is 10.2. The Hall–Kier alpha value is -0.820. The standard InChI is InChI=1S/C10H11ClO/c11-7-5-9-1-3-10(4-2-9)6-8-12/h1-4,8H,5-7H2. The van der Waals surface area contributed by atoms with Crippen molar-refractivity contribution in [3.05, 3.63) is 35.4 Å². The van der Waals surface area contributed by atoms with Crippen molar-refractivity contribution >= 4 is 17.9 Å². The molecule has 0 spiro atoms. The highest BCUT2D eigenvalue weighted by Gasteiger charge is 1.92. The minimum Gasteiger partial charge on any atom is -0.303 e. The van der Waals surface area contributed by atoms with E-state index in [4.69, 9.17) is 11.6 Å². The maximum absolute atomic E-state index is 10.2. The molecular formula is C10H11ClO. The molecule has 1 aromatic carbocycles. The molecule has 0 bridgehead atoms. The smallest absolute Gasteiger partial charge is 0.124 e. The Labute approximate surface area is 77.4 Å². The third-order valence-corrected chi connectivity index (χ3v) is 1.91. The van der Waals surface area contributed by atoms with E-state index in [1.54, 1.807) is 0 Å². The third-order valence-electron chi connectivity index (χ3n) is 1.73. The van der Waals surface area contributed by atoms with E-state index < -0.39 is 0 Å². The Morgan fingerprint density at radius 1 is 1.17 bits per heavy atom. The van der Waals surface area contributed by atoms with Crippen molar-refractivity contribution in [2.45, 2.75) is 12.8 Å². The molecule has 0 fully saturated rings. The normalized spacial score (nSPS) is 9.75. The zero-order chi connectivity index (χ0) is 8.81. The van der Waals surface area contributed by atoms with Gasteiger partial charge in [0.05, 0.1) is 0 Å². The van der Waals surface area contributed by atoms with E-state index in [0.717, 1.165) is 18.3 Å². The summed E-state index contributed by atoms with van der Waals surface area (Å²) in [4.78, 5) is 10.2. The number of carbonyl (C=O) groups excluding carboxylic acids is 1. The van der Waals surface area contributed by atoms with Gasteiger partial charge in [0.2, 0.25) is 0 Å². The maximum Gasteiger partial charge on any atom is 0.124 e. The Balaban J connectivity index is 2.64. The molecular weight excluding hydrogens is 172 g/mol. The van der Waals surface area contributed by atoms with Crippen molar-refractivity contribution < 1.29 is 4.79 Å². The second-order valence-corrected chi connectivity index (χ2v) is 3.00. The van der Waals surface area contributed by atoms with Gasteiger partial charge < -0.3 is 4.79 Å². The van der Waals surface area contributed by atoms with Gasteiger partial charge in [0.15, 0.2) is 0 Å². The monoisotopic (exact) mass is 182 g/mol. The fraction of sp³-hybridized carbons (Fsp3) is 0.300. The van der Waals surface area contributed by atoms with Crippen LogP contribution in [0.5, 0.6) is 0 Å². The first-order valence-electron chi connectivity index (χ1n) is 3.94. The molecule has 0 saturated carbocycles. The van der Waals surface area contributed by atoms with Crippen LogP contribution in [0.2, 0.25) is 0 Å². The molecule has 1 aromatic rings. The van der Waals surface area contributed by atoms with Crippen LogP contribution in [0.1, 0.15) is 11.1 Å². The van der Waals surface area contributed by atoms with Gasteiger partial charge in [-0.2, -0.15) is 0 Å². The Morgan fingerprint density at radius 2 is 1.75 bits per heavy atom. The molecule has 0 heterocycles. The summed E-state index contributed by atoms with van der Waals surface area (Å²) < 4.78 is 0. The molecule has 1 nitrogen and oxygen atoms in total. The van der Waals surface area contributed by atoms with E-state index in [2.05, 4.69) is 0 Å². The summed E-state index contributed by atoms with van der Waals surface area (Å²) in [6.07, 6.45) is 2.31. The van der Waals surface area contributed by atoms with Crippen molar-refractivity contribution in [2.75, 3.05) is 5.88 Å². The van der Waals surface area contributed by atoms with E-state index in [9.17, 15) is 4.79 Å². The predicted molar refractivity (Wildman–Crippen MR) is 50.6 cm³/mol. The van der Waals surface area contributed by atoms with Crippen LogP contribution in [-0.4, -0.2) is 12.2 Å². The largest absolute Gasteiger partial charge is 0.303 e. The predicted octanol–water partition coefficient (Wildman–Crippen LogP) is 2.21. The van der Waals surface area contributed by atoms with Crippen LogP contribution >= 0.6 is 11.6 Å². The van der Waals surface area contributed by atoms with Gasteiger partial charge in [-0.25, -0.2) is 0 Å². The van der Waals surface area contributed by atoms with Gasteiger partial charge in [-0.1, -0.05) is 24.3 Å². The SMILES string of the molecule is O=CCc1ccc(CCCl)cc1. The second kappa shape index (κ2) is 4.94. The summed E-state index contributed by atoms with van der Waals surface area (Å²) in [5, 5.41) is 0. The van der Waals surface area contributed by atoms with E-state index >= 15 is 0 Å². The summed E-state index contributed by atoms with van der Waals surface area (Å²) in [5.41, 5.74) is 2.28. The number of hydrogen-bond acceptors (Lipinski definition) is 1. The number of benzene rings is 1. The van der Waals surface area contributed by atoms with E-state index in [1.807, 2.05) is 24.3 Å². The topological polar surface area (TPSA) is 17.1 Å². The number of rotatable bonds is 4. The summed E-state index contributed by atoms with van der Waals surface area (Å²) in [5.74, 6) is 0.646. The lowest BCUT2D eigenvalue weighted by molar-refractivity contribution is -0.107. The minimum atomic E-state index is 0.501. The Morgan fingerprint density at radius 3 is 2.25 bits per heavy atom. The van der Waals surface area contributed by atoms with Crippen molar-refractivity contribution in [3.63, 3.8) is 0 Å². The number of halogens is 1. The van der Waals surface area contributed by atoms with Crippen molar-refractivity contribution in [1.82, 2.24) is 0 Å². The highest BCUT2D eigenvalue weighted by molar-refractivity contribution is 6.17. The summed E-state index contributed by atoms with van der Waals surface area (Å²) in [6, 6.07) is 7.97. The molecule has 1 rings (SSSR count). The number of alkyl halides is 1. The number of hydrogen-bond donors (Lipinski definition) is 0. The fourth-order valence-corrected chi connectivity index (χ4v) is 1.27. The van der Waals surface area contributed by atoms with Gasteiger partial charge in [0, 0.05) is 12.3 Å². The molecule has 0 saturated heterocycles. The van der Waals surface area contributed by atoms with Gasteiger partial charge in [-0.3, -0.25) is 0 Å². The first-order valence-corrected chi connectivity index (χ1v) is 4.47. The lowest BCUT2D eigenvalue weighted by Crippen LogP contribution is -1.88. The van der Waals surface area contributed by atoms with Crippen LogP contribution in [0.4, 0.5) is 0 Å². The lowest BCUT2D eigenvalue weighted by Gasteiger charge is -1.98. The quantitative estimate of drug-likeness (QED) is 0.516. The van der Waals surface area contributed by atoms with Crippen LogP contribution in [0.3, 0.4) is 0 Å². The molecule has 0 aliphatic rings. The zero-order valence-electron chi connectivity index (χ0n) is 6.79. The van der Waals surface area contributed by atoms with Crippen LogP contribution in [0, 0.1) is 0 Å². The van der Waals surface area contributed by atoms with Gasteiger partial charge in [-0.05, 0) is 17.5 Å². The first kappa shape index (κ1) is 9.27. The Kier molecular flexibility index (Phi) is 3.81. The molecule has 0 aliphatic heterocycles. The number of carbonyl (C=O) groups is 1. The first-order chi connectivity index (χ1) is 5.86. The zero-order valence-corrected chi connectivity index (χ0v) is 7.55. The fourth-order valence-electron chi connectivity index (χ4n) is 1.05. The molecule has 0 atom stereocenters. The molecule has 64 valence electrons. The Bertz CT molecular complexity index is 241. The van der Waals surface area contributed by atoms with Crippen molar-refractivity contribution in [1.29, 1.82) is 0 Å². The van der Waals surface area contributed by atoms with Gasteiger partial charge >= 0.3 is 0 Å². The lowest BCUT2D eigenvalue weighted by atomic mass is 10.1. The minimum absolute atomic E-state index is 0.501. The van der Waals surface area contributed by atoms with Crippen LogP contribution < -0.4 is 0 Å². The molecule has 12 heavy (non-hydrogen) atoms. The average molecular weight is 183 g/mol. The number of aldehydes is 1. The third kappa shape index (κ3) is 2.67. The summed E-state index contributed by atoms with van der Waals surface area (Å²) in [7, 11) is 0. The van der Waals surface area contributed by atoms with E-state index in [0.29, 0.717) is 12.3 Å².